The lowest BCUT2D eigenvalue weighted by atomic mass is 10.1. The standard InChI is InChI=1S/C17H23NO/c1-14(2)6-5-7-15(3)12-13-18-16-8-10-17(19-4)11-9-16/h6,8-13H,5,7H2,1-4H3/b15-12+,18-13+. The van der Waals surface area contributed by atoms with E-state index in [0.29, 0.717) is 0 Å². The van der Waals surface area contributed by atoms with E-state index in [-0.39, 0.29) is 0 Å². The zero-order chi connectivity index (χ0) is 14.1. The van der Waals surface area contributed by atoms with Crippen molar-refractivity contribution in [2.24, 2.45) is 4.99 Å². The molecule has 19 heavy (non-hydrogen) atoms. The summed E-state index contributed by atoms with van der Waals surface area (Å²) in [6.07, 6.45) is 8.38. The fraction of sp³-hybridized carbons (Fsp3) is 0.353. The van der Waals surface area contributed by atoms with E-state index in [0.717, 1.165) is 24.3 Å². The molecule has 0 aliphatic carbocycles. The van der Waals surface area contributed by atoms with Crippen LogP contribution in [-0.2, 0) is 0 Å². The van der Waals surface area contributed by atoms with Crippen molar-refractivity contribution in [1.82, 2.24) is 0 Å². The lowest BCUT2D eigenvalue weighted by Gasteiger charge is -1.99. The first-order chi connectivity index (χ1) is 9.11. The van der Waals surface area contributed by atoms with Crippen LogP contribution in [0.15, 0.2) is 52.6 Å². The van der Waals surface area contributed by atoms with Crippen LogP contribution >= 0.6 is 0 Å². The number of allylic oxidation sites excluding steroid dienone is 4. The number of ether oxygens (including phenoxy) is 1. The van der Waals surface area contributed by atoms with Crippen LogP contribution in [0.25, 0.3) is 0 Å². The van der Waals surface area contributed by atoms with Crippen LogP contribution < -0.4 is 4.74 Å². The van der Waals surface area contributed by atoms with Gasteiger partial charge in [-0.05, 0) is 64.0 Å². The minimum Gasteiger partial charge on any atom is -0.497 e. The molecule has 0 bridgehead atoms. The third-order valence-corrected chi connectivity index (χ3v) is 2.75. The third kappa shape index (κ3) is 6.61. The van der Waals surface area contributed by atoms with Gasteiger partial charge in [0.25, 0.3) is 0 Å². The Bertz CT molecular complexity index is 463. The van der Waals surface area contributed by atoms with Gasteiger partial charge in [0, 0.05) is 6.21 Å². The van der Waals surface area contributed by atoms with E-state index in [4.69, 9.17) is 4.74 Å². The van der Waals surface area contributed by atoms with Crippen molar-refractivity contribution in [1.29, 1.82) is 0 Å². The van der Waals surface area contributed by atoms with E-state index in [1.807, 2.05) is 30.5 Å². The van der Waals surface area contributed by atoms with Crippen LogP contribution in [0.4, 0.5) is 5.69 Å². The molecule has 0 amide bonds. The predicted octanol–water partition coefficient (Wildman–Crippen LogP) is 5.09. The van der Waals surface area contributed by atoms with Gasteiger partial charge in [-0.1, -0.05) is 17.2 Å². The van der Waals surface area contributed by atoms with E-state index in [9.17, 15) is 0 Å². The van der Waals surface area contributed by atoms with Crippen LogP contribution in [0, 0.1) is 0 Å². The molecule has 0 N–H and O–H groups in total. The second-order valence-corrected chi connectivity index (χ2v) is 4.81. The van der Waals surface area contributed by atoms with Gasteiger partial charge in [0.1, 0.15) is 5.75 Å². The van der Waals surface area contributed by atoms with Gasteiger partial charge in [-0.15, -0.1) is 0 Å². The van der Waals surface area contributed by atoms with Gasteiger partial charge in [-0.3, -0.25) is 4.99 Å². The summed E-state index contributed by atoms with van der Waals surface area (Å²) in [5, 5.41) is 0. The Morgan fingerprint density at radius 2 is 1.84 bits per heavy atom. The molecular formula is C17H23NO. The predicted molar refractivity (Wildman–Crippen MR) is 83.6 cm³/mol. The van der Waals surface area contributed by atoms with Gasteiger partial charge < -0.3 is 4.74 Å². The van der Waals surface area contributed by atoms with E-state index in [2.05, 4.69) is 37.9 Å². The van der Waals surface area contributed by atoms with Gasteiger partial charge in [0.15, 0.2) is 0 Å². The van der Waals surface area contributed by atoms with E-state index >= 15 is 0 Å². The largest absolute Gasteiger partial charge is 0.497 e. The molecular weight excluding hydrogens is 234 g/mol. The molecule has 0 aromatic heterocycles. The van der Waals surface area contributed by atoms with Crippen molar-refractivity contribution >= 4 is 11.9 Å². The van der Waals surface area contributed by atoms with Crippen LogP contribution in [0.2, 0.25) is 0 Å². The monoisotopic (exact) mass is 257 g/mol. The topological polar surface area (TPSA) is 21.6 Å². The summed E-state index contributed by atoms with van der Waals surface area (Å²) in [6, 6.07) is 7.72. The van der Waals surface area contributed by atoms with Crippen LogP contribution in [0.3, 0.4) is 0 Å². The summed E-state index contributed by atoms with van der Waals surface area (Å²) in [5.74, 6) is 0.854. The summed E-state index contributed by atoms with van der Waals surface area (Å²) in [7, 11) is 1.66. The zero-order valence-corrected chi connectivity index (χ0v) is 12.3. The summed E-state index contributed by atoms with van der Waals surface area (Å²) < 4.78 is 5.11. The number of methoxy groups -OCH3 is 1. The second-order valence-electron chi connectivity index (χ2n) is 4.81. The van der Waals surface area contributed by atoms with Gasteiger partial charge in [0.2, 0.25) is 0 Å². The molecule has 0 radical (unpaired) electrons. The Morgan fingerprint density at radius 3 is 2.42 bits per heavy atom. The molecule has 2 nitrogen and oxygen atoms in total. The van der Waals surface area contributed by atoms with Gasteiger partial charge in [0.05, 0.1) is 12.8 Å². The molecule has 0 saturated heterocycles. The first kappa shape index (κ1) is 15.2. The molecule has 1 aromatic rings. The molecule has 0 spiro atoms. The fourth-order valence-corrected chi connectivity index (χ4v) is 1.59. The van der Waals surface area contributed by atoms with Crippen molar-refractivity contribution in [2.45, 2.75) is 33.6 Å². The van der Waals surface area contributed by atoms with Gasteiger partial charge >= 0.3 is 0 Å². The molecule has 0 atom stereocenters. The Balaban J connectivity index is 2.48. The SMILES string of the molecule is COc1ccc(/N=C/C=C(\C)CCC=C(C)C)cc1. The molecule has 0 unspecified atom stereocenters. The molecule has 0 aliphatic heterocycles. The second kappa shape index (κ2) is 8.30. The normalized spacial score (nSPS) is 11.7. The minimum absolute atomic E-state index is 0.854. The molecule has 0 aliphatic rings. The molecule has 0 fully saturated rings. The number of hydrogen-bond donors (Lipinski definition) is 0. The first-order valence-corrected chi connectivity index (χ1v) is 6.59. The highest BCUT2D eigenvalue weighted by molar-refractivity contribution is 5.75. The van der Waals surface area contributed by atoms with Crippen LogP contribution in [0.5, 0.6) is 5.75 Å². The molecule has 2 heteroatoms. The zero-order valence-electron chi connectivity index (χ0n) is 12.3. The first-order valence-electron chi connectivity index (χ1n) is 6.59. The molecule has 102 valence electrons. The van der Waals surface area contributed by atoms with Crippen molar-refractivity contribution in [3.63, 3.8) is 0 Å². The highest BCUT2D eigenvalue weighted by Crippen LogP contribution is 2.17. The van der Waals surface area contributed by atoms with Crippen molar-refractivity contribution in [3.8, 4) is 5.75 Å². The van der Waals surface area contributed by atoms with Crippen molar-refractivity contribution in [3.05, 3.63) is 47.6 Å². The van der Waals surface area contributed by atoms with Gasteiger partial charge in [-0.25, -0.2) is 0 Å². The van der Waals surface area contributed by atoms with Crippen LogP contribution in [0.1, 0.15) is 33.6 Å². The molecule has 1 aromatic carbocycles. The lowest BCUT2D eigenvalue weighted by Crippen LogP contribution is -1.80. The molecule has 0 saturated carbocycles. The van der Waals surface area contributed by atoms with Crippen molar-refractivity contribution in [2.75, 3.05) is 7.11 Å². The van der Waals surface area contributed by atoms with E-state index in [1.54, 1.807) is 7.11 Å². The lowest BCUT2D eigenvalue weighted by molar-refractivity contribution is 0.415. The average molecular weight is 257 g/mol. The Kier molecular flexibility index (Phi) is 6.65. The number of rotatable bonds is 6. The molecule has 1 rings (SSSR count). The number of aliphatic imine (C=N–C) groups is 1. The number of benzene rings is 1. The maximum absolute atomic E-state index is 5.11. The van der Waals surface area contributed by atoms with Crippen molar-refractivity contribution < 1.29 is 4.74 Å². The summed E-state index contributed by atoms with van der Waals surface area (Å²) >= 11 is 0. The Hall–Kier alpha value is -1.83. The maximum Gasteiger partial charge on any atom is 0.119 e. The highest BCUT2D eigenvalue weighted by Gasteiger charge is 1.90. The van der Waals surface area contributed by atoms with Crippen LogP contribution in [-0.4, -0.2) is 13.3 Å². The number of hydrogen-bond acceptors (Lipinski definition) is 2. The van der Waals surface area contributed by atoms with E-state index < -0.39 is 0 Å². The van der Waals surface area contributed by atoms with E-state index in [1.165, 1.54) is 11.1 Å². The fourth-order valence-electron chi connectivity index (χ4n) is 1.59. The summed E-state index contributed by atoms with van der Waals surface area (Å²) in [4.78, 5) is 4.39. The Labute approximate surface area is 116 Å². The molecule has 0 heterocycles. The summed E-state index contributed by atoms with van der Waals surface area (Å²) in [6.45, 7) is 6.40. The quantitative estimate of drug-likeness (QED) is 0.514. The highest BCUT2D eigenvalue weighted by atomic mass is 16.5. The summed E-state index contributed by atoms with van der Waals surface area (Å²) in [5.41, 5.74) is 3.66. The Morgan fingerprint density at radius 1 is 1.16 bits per heavy atom. The van der Waals surface area contributed by atoms with Gasteiger partial charge in [-0.2, -0.15) is 0 Å². The minimum atomic E-state index is 0.854. The maximum atomic E-state index is 5.11. The average Bonchev–Trinajstić information content (AvgIpc) is 2.39. The third-order valence-electron chi connectivity index (χ3n) is 2.75. The smallest absolute Gasteiger partial charge is 0.119 e. The number of nitrogens with zero attached hydrogens (tertiary/aromatic N) is 1.